The van der Waals surface area contributed by atoms with Crippen LogP contribution in [0.15, 0.2) is 79.3 Å². The lowest BCUT2D eigenvalue weighted by atomic mass is 9.95. The van der Waals surface area contributed by atoms with E-state index in [4.69, 9.17) is 17.0 Å². The van der Waals surface area contributed by atoms with E-state index in [1.54, 1.807) is 19.5 Å². The number of ether oxygens (including phenoxy) is 1. The highest BCUT2D eigenvalue weighted by Gasteiger charge is 2.42. The Hall–Kier alpha value is -4.24. The van der Waals surface area contributed by atoms with Gasteiger partial charge in [-0.25, -0.2) is 0 Å². The molecule has 4 aromatic rings. The van der Waals surface area contributed by atoms with E-state index < -0.39 is 5.41 Å². The first kappa shape index (κ1) is 26.4. The van der Waals surface area contributed by atoms with Gasteiger partial charge in [0.05, 0.1) is 36.4 Å². The number of aromatic nitrogens is 3. The fourth-order valence-corrected chi connectivity index (χ4v) is 5.15. The van der Waals surface area contributed by atoms with Gasteiger partial charge in [-0.1, -0.05) is 26.8 Å². The highest BCUT2D eigenvalue weighted by atomic mass is 32.1. The number of carbonyl (C=O) groups is 1. The van der Waals surface area contributed by atoms with Gasteiger partial charge < -0.3 is 24.8 Å². The Labute approximate surface area is 234 Å². The van der Waals surface area contributed by atoms with Gasteiger partial charge >= 0.3 is 0 Å². The number of pyridine rings is 2. The topological polar surface area (TPSA) is 84.3 Å². The van der Waals surface area contributed by atoms with Crippen LogP contribution in [0.5, 0.6) is 5.75 Å². The molecule has 39 heavy (non-hydrogen) atoms. The minimum atomic E-state index is -0.541. The van der Waals surface area contributed by atoms with Crippen molar-refractivity contribution >= 4 is 34.6 Å². The zero-order chi connectivity index (χ0) is 27.7. The van der Waals surface area contributed by atoms with Crippen LogP contribution in [-0.2, 0) is 4.79 Å². The Morgan fingerprint density at radius 3 is 2.54 bits per heavy atom. The molecule has 0 spiro atoms. The number of thiocarbonyl (C=S) groups is 1. The minimum Gasteiger partial charge on any atom is -0.494 e. The second-order valence-electron chi connectivity index (χ2n) is 10.5. The Bertz CT molecular complexity index is 1500. The van der Waals surface area contributed by atoms with E-state index in [0.717, 1.165) is 28.5 Å². The zero-order valence-electron chi connectivity index (χ0n) is 22.7. The fraction of sp³-hybridized carbons (Fsp3) is 0.267. The van der Waals surface area contributed by atoms with Crippen molar-refractivity contribution in [2.75, 3.05) is 17.3 Å². The second-order valence-corrected chi connectivity index (χ2v) is 10.9. The molecule has 1 saturated heterocycles. The van der Waals surface area contributed by atoms with Gasteiger partial charge in [-0.3, -0.25) is 14.8 Å². The first-order valence-corrected chi connectivity index (χ1v) is 13.2. The normalized spacial score (nSPS) is 17.2. The van der Waals surface area contributed by atoms with Gasteiger partial charge in [-0.15, -0.1) is 0 Å². The Morgan fingerprint density at radius 2 is 1.87 bits per heavy atom. The predicted molar refractivity (Wildman–Crippen MR) is 157 cm³/mol. The molecule has 3 aromatic heterocycles. The molecular weight excluding hydrogens is 508 g/mol. The molecule has 0 radical (unpaired) electrons. The van der Waals surface area contributed by atoms with Gasteiger partial charge in [0.2, 0.25) is 5.91 Å². The van der Waals surface area contributed by atoms with Crippen molar-refractivity contribution < 1.29 is 9.53 Å². The van der Waals surface area contributed by atoms with Gasteiger partial charge in [0, 0.05) is 41.0 Å². The van der Waals surface area contributed by atoms with Gasteiger partial charge in [0.1, 0.15) is 11.8 Å². The van der Waals surface area contributed by atoms with Crippen LogP contribution in [0.25, 0.3) is 5.69 Å². The van der Waals surface area contributed by atoms with Gasteiger partial charge in [0.15, 0.2) is 5.11 Å². The summed E-state index contributed by atoms with van der Waals surface area (Å²) >= 11 is 5.93. The number of amides is 1. The number of nitrogens with one attached hydrogen (secondary N) is 2. The molecule has 0 saturated carbocycles. The minimum absolute atomic E-state index is 0.0928. The fourth-order valence-electron chi connectivity index (χ4n) is 4.80. The highest BCUT2D eigenvalue weighted by molar-refractivity contribution is 7.80. The first-order chi connectivity index (χ1) is 18.7. The predicted octanol–water partition coefficient (Wildman–Crippen LogP) is 5.75. The summed E-state index contributed by atoms with van der Waals surface area (Å²) in [5.74, 6) is 0.455. The SMILES string of the molecule is COc1cc(N2C(=S)N[C@@H](c3ccccn3)[C@H]2c2ccc(C)n2-c2cccnc2)ccc1NC(=O)C(C)(C)C. The van der Waals surface area contributed by atoms with E-state index in [9.17, 15) is 4.79 Å². The molecule has 2 atom stereocenters. The van der Waals surface area contributed by atoms with Crippen LogP contribution in [0.1, 0.15) is 49.9 Å². The lowest BCUT2D eigenvalue weighted by Crippen LogP contribution is -2.30. The average molecular weight is 541 g/mol. The third-order valence-electron chi connectivity index (χ3n) is 6.80. The number of hydrogen-bond donors (Lipinski definition) is 2. The molecule has 0 bridgehead atoms. The van der Waals surface area contributed by atoms with E-state index in [-0.39, 0.29) is 18.0 Å². The smallest absolute Gasteiger partial charge is 0.229 e. The number of rotatable bonds is 6. The molecule has 0 unspecified atom stereocenters. The van der Waals surface area contributed by atoms with Crippen molar-refractivity contribution in [3.8, 4) is 11.4 Å². The van der Waals surface area contributed by atoms with Crippen molar-refractivity contribution in [3.63, 3.8) is 0 Å². The maximum atomic E-state index is 12.7. The molecule has 2 N–H and O–H groups in total. The highest BCUT2D eigenvalue weighted by Crippen LogP contribution is 2.44. The monoisotopic (exact) mass is 540 g/mol. The molecule has 5 rings (SSSR count). The molecule has 1 amide bonds. The summed E-state index contributed by atoms with van der Waals surface area (Å²) in [5.41, 5.74) is 4.85. The number of hydrogen-bond acceptors (Lipinski definition) is 5. The molecule has 200 valence electrons. The number of nitrogens with zero attached hydrogens (tertiary/aromatic N) is 4. The van der Waals surface area contributed by atoms with Gasteiger partial charge in [-0.2, -0.15) is 0 Å². The van der Waals surface area contributed by atoms with Crippen molar-refractivity contribution in [1.82, 2.24) is 19.9 Å². The lowest BCUT2D eigenvalue weighted by molar-refractivity contribution is -0.123. The molecule has 1 aliphatic rings. The quantitative estimate of drug-likeness (QED) is 0.302. The maximum Gasteiger partial charge on any atom is 0.229 e. The number of anilines is 2. The van der Waals surface area contributed by atoms with Crippen LogP contribution in [0.2, 0.25) is 0 Å². The van der Waals surface area contributed by atoms with Crippen molar-refractivity contribution in [1.29, 1.82) is 0 Å². The van der Waals surface area contributed by atoms with Crippen LogP contribution in [-0.4, -0.2) is 32.7 Å². The molecule has 1 fully saturated rings. The molecule has 4 heterocycles. The third kappa shape index (κ3) is 5.09. The second kappa shape index (κ2) is 10.5. The summed E-state index contributed by atoms with van der Waals surface area (Å²) < 4.78 is 7.91. The van der Waals surface area contributed by atoms with E-state index in [0.29, 0.717) is 16.5 Å². The molecule has 1 aromatic carbocycles. The van der Waals surface area contributed by atoms with E-state index >= 15 is 0 Å². The van der Waals surface area contributed by atoms with Crippen LogP contribution in [0, 0.1) is 12.3 Å². The molecule has 9 heteroatoms. The van der Waals surface area contributed by atoms with Crippen LogP contribution in [0.3, 0.4) is 0 Å². The Morgan fingerprint density at radius 1 is 1.05 bits per heavy atom. The third-order valence-corrected chi connectivity index (χ3v) is 7.12. The largest absolute Gasteiger partial charge is 0.494 e. The van der Waals surface area contributed by atoms with Gasteiger partial charge in [-0.05, 0) is 67.7 Å². The summed E-state index contributed by atoms with van der Waals surface area (Å²) in [5, 5.41) is 7.07. The van der Waals surface area contributed by atoms with E-state index in [1.807, 2.05) is 75.5 Å². The standard InChI is InChI=1S/C30H32N6O2S/c1-19-11-14-24(35(19)21-9-8-15-31-18-21)27-26(23-10-6-7-16-32-23)34-29(39)36(27)20-12-13-22(25(17-20)38-5)33-28(37)30(2,3)4/h6-18,26-27H,1-5H3,(H,33,37)(H,34,39)/t26-,27+/m0/s1. The van der Waals surface area contributed by atoms with Crippen molar-refractivity contribution in [3.05, 3.63) is 96.3 Å². The zero-order valence-corrected chi connectivity index (χ0v) is 23.5. The number of aryl methyl sites for hydroxylation is 1. The van der Waals surface area contributed by atoms with Crippen LogP contribution >= 0.6 is 12.2 Å². The summed E-state index contributed by atoms with van der Waals surface area (Å²) in [7, 11) is 1.59. The molecule has 1 aliphatic heterocycles. The van der Waals surface area contributed by atoms with Crippen molar-refractivity contribution in [2.45, 2.75) is 39.8 Å². The van der Waals surface area contributed by atoms with E-state index in [2.05, 4.69) is 49.1 Å². The average Bonchev–Trinajstić information content (AvgIpc) is 3.48. The number of carbonyl (C=O) groups excluding carboxylic acids is 1. The summed E-state index contributed by atoms with van der Waals surface area (Å²) in [6, 6.07) is 19.4. The Kier molecular flexibility index (Phi) is 7.10. The summed E-state index contributed by atoms with van der Waals surface area (Å²) in [6.07, 6.45) is 5.41. The molecular formula is C30H32N6O2S. The van der Waals surface area contributed by atoms with E-state index in [1.165, 1.54) is 0 Å². The lowest BCUT2D eigenvalue weighted by Gasteiger charge is -2.30. The van der Waals surface area contributed by atoms with Gasteiger partial charge in [0.25, 0.3) is 0 Å². The van der Waals surface area contributed by atoms with Crippen LogP contribution in [0.4, 0.5) is 11.4 Å². The number of methoxy groups -OCH3 is 1. The first-order valence-electron chi connectivity index (χ1n) is 12.8. The number of benzene rings is 1. The summed E-state index contributed by atoms with van der Waals surface area (Å²) in [6.45, 7) is 7.70. The molecule has 0 aliphatic carbocycles. The summed E-state index contributed by atoms with van der Waals surface area (Å²) in [4.78, 5) is 23.8. The molecule has 8 nitrogen and oxygen atoms in total. The maximum absolute atomic E-state index is 12.7. The van der Waals surface area contributed by atoms with Crippen LogP contribution < -0.4 is 20.3 Å². The Balaban J connectivity index is 1.63. The van der Waals surface area contributed by atoms with Crippen molar-refractivity contribution in [2.24, 2.45) is 5.41 Å².